The van der Waals surface area contributed by atoms with Crippen molar-refractivity contribution >= 4 is 45.0 Å². The van der Waals surface area contributed by atoms with Crippen LogP contribution in [-0.2, 0) is 4.79 Å². The van der Waals surface area contributed by atoms with Gasteiger partial charge in [-0.25, -0.2) is 9.38 Å². The summed E-state index contributed by atoms with van der Waals surface area (Å²) in [6.45, 7) is 1.85. The van der Waals surface area contributed by atoms with E-state index in [-0.39, 0.29) is 18.1 Å². The number of amides is 1. The zero-order valence-electron chi connectivity index (χ0n) is 17.2. The molecule has 1 N–H and O–H groups in total. The van der Waals surface area contributed by atoms with Crippen LogP contribution in [0.3, 0.4) is 0 Å². The number of thiazole rings is 1. The number of para-hydroxylation sites is 3. The first kappa shape index (κ1) is 20.0. The second kappa shape index (κ2) is 8.28. The first-order chi connectivity index (χ1) is 15.6. The third-order valence-corrected chi connectivity index (χ3v) is 6.01. The standard InChI is InChI=1S/C25H19N3O3S/c1-16-10-12-18(13-11-16)26-23(29)15-31-21-9-5-2-6-17(21)14-22-24(30)28-20-8-4-3-7-19(20)27-25(28)32-22/h2-14H,15H2,1H3,(H,26,29)/b22-14-. The van der Waals surface area contributed by atoms with E-state index in [2.05, 4.69) is 10.3 Å². The molecule has 7 heteroatoms. The number of nitrogens with zero attached hydrogens (tertiary/aromatic N) is 2. The van der Waals surface area contributed by atoms with Crippen molar-refractivity contribution in [3.05, 3.63) is 98.8 Å². The van der Waals surface area contributed by atoms with Crippen LogP contribution < -0.4 is 20.1 Å². The van der Waals surface area contributed by atoms with Crippen molar-refractivity contribution in [2.24, 2.45) is 0 Å². The second-order valence-electron chi connectivity index (χ2n) is 7.38. The molecule has 5 rings (SSSR count). The van der Waals surface area contributed by atoms with Gasteiger partial charge in [-0.2, -0.15) is 0 Å². The summed E-state index contributed by atoms with van der Waals surface area (Å²) in [5.74, 6) is 0.274. The number of nitrogens with one attached hydrogen (secondary N) is 1. The van der Waals surface area contributed by atoms with Crippen molar-refractivity contribution in [2.45, 2.75) is 6.92 Å². The highest BCUT2D eigenvalue weighted by Crippen LogP contribution is 2.20. The number of ether oxygens (including phenoxy) is 1. The molecule has 0 aliphatic heterocycles. The Kier molecular flexibility index (Phi) is 5.17. The summed E-state index contributed by atoms with van der Waals surface area (Å²) in [4.78, 5) is 30.5. The van der Waals surface area contributed by atoms with Gasteiger partial charge in [-0.3, -0.25) is 9.59 Å². The van der Waals surface area contributed by atoms with Gasteiger partial charge in [0, 0.05) is 11.3 Å². The van der Waals surface area contributed by atoms with Gasteiger partial charge < -0.3 is 10.1 Å². The van der Waals surface area contributed by atoms with E-state index in [0.29, 0.717) is 20.9 Å². The number of carbonyl (C=O) groups is 1. The number of hydrogen-bond acceptors (Lipinski definition) is 5. The van der Waals surface area contributed by atoms with E-state index in [9.17, 15) is 9.59 Å². The van der Waals surface area contributed by atoms with Gasteiger partial charge in [0.15, 0.2) is 11.6 Å². The van der Waals surface area contributed by atoms with Crippen molar-refractivity contribution in [2.75, 3.05) is 11.9 Å². The van der Waals surface area contributed by atoms with Gasteiger partial charge in [-0.1, -0.05) is 59.4 Å². The van der Waals surface area contributed by atoms with Crippen molar-refractivity contribution in [3.8, 4) is 5.75 Å². The van der Waals surface area contributed by atoms with Crippen LogP contribution in [0.4, 0.5) is 5.69 Å². The summed E-state index contributed by atoms with van der Waals surface area (Å²) in [6.07, 6.45) is 1.78. The second-order valence-corrected chi connectivity index (χ2v) is 8.38. The molecule has 1 amide bonds. The highest BCUT2D eigenvalue weighted by Gasteiger charge is 2.12. The molecule has 2 aromatic heterocycles. The Balaban J connectivity index is 1.40. The molecule has 158 valence electrons. The van der Waals surface area contributed by atoms with Gasteiger partial charge in [0.25, 0.3) is 11.5 Å². The predicted octanol–water partition coefficient (Wildman–Crippen LogP) is 3.78. The summed E-state index contributed by atoms with van der Waals surface area (Å²) in [5, 5.41) is 2.82. The number of aryl methyl sites for hydroxylation is 1. The fourth-order valence-corrected chi connectivity index (χ4v) is 4.44. The minimum atomic E-state index is -0.255. The molecular formula is C25H19N3O3S. The molecule has 0 unspecified atom stereocenters. The maximum Gasteiger partial charge on any atom is 0.274 e. The quantitative estimate of drug-likeness (QED) is 0.451. The molecule has 6 nitrogen and oxygen atoms in total. The molecular weight excluding hydrogens is 422 g/mol. The number of rotatable bonds is 5. The van der Waals surface area contributed by atoms with Crippen molar-refractivity contribution in [3.63, 3.8) is 0 Å². The van der Waals surface area contributed by atoms with Crippen LogP contribution in [0.25, 0.3) is 22.1 Å². The van der Waals surface area contributed by atoms with Crippen molar-refractivity contribution in [1.82, 2.24) is 9.38 Å². The maximum atomic E-state index is 13.0. The largest absolute Gasteiger partial charge is 0.483 e. The number of benzene rings is 3. The summed E-state index contributed by atoms with van der Waals surface area (Å²) >= 11 is 1.33. The first-order valence-corrected chi connectivity index (χ1v) is 10.9. The van der Waals surface area contributed by atoms with Crippen LogP contribution in [0.2, 0.25) is 0 Å². The van der Waals surface area contributed by atoms with Gasteiger partial charge >= 0.3 is 0 Å². The number of anilines is 1. The normalized spacial score (nSPS) is 11.8. The van der Waals surface area contributed by atoms with Crippen molar-refractivity contribution in [1.29, 1.82) is 0 Å². The van der Waals surface area contributed by atoms with E-state index in [1.54, 1.807) is 16.5 Å². The lowest BCUT2D eigenvalue weighted by Crippen LogP contribution is -2.23. The monoisotopic (exact) mass is 441 g/mol. The first-order valence-electron chi connectivity index (χ1n) is 10.1. The van der Waals surface area contributed by atoms with Crippen LogP contribution >= 0.6 is 11.3 Å². The minimum Gasteiger partial charge on any atom is -0.483 e. The highest BCUT2D eigenvalue weighted by atomic mass is 32.1. The van der Waals surface area contributed by atoms with Gasteiger partial charge in [0.05, 0.1) is 15.6 Å². The minimum absolute atomic E-state index is 0.120. The Morgan fingerprint density at radius 3 is 2.66 bits per heavy atom. The highest BCUT2D eigenvalue weighted by molar-refractivity contribution is 7.15. The summed E-state index contributed by atoms with van der Waals surface area (Å²) < 4.78 is 7.95. The molecule has 0 aliphatic rings. The van der Waals surface area contributed by atoms with Crippen LogP contribution in [0, 0.1) is 6.92 Å². The molecule has 0 fully saturated rings. The predicted molar refractivity (Wildman–Crippen MR) is 127 cm³/mol. The maximum absolute atomic E-state index is 13.0. The summed E-state index contributed by atoms with van der Waals surface area (Å²) in [7, 11) is 0. The SMILES string of the molecule is Cc1ccc(NC(=O)COc2ccccc2/C=c2\sc3nc4ccccc4n3c2=O)cc1. The topological polar surface area (TPSA) is 72.7 Å². The number of fused-ring (bicyclic) bond motifs is 3. The molecule has 32 heavy (non-hydrogen) atoms. The van der Waals surface area contributed by atoms with E-state index in [1.807, 2.05) is 73.7 Å². The molecule has 0 saturated carbocycles. The Morgan fingerprint density at radius 1 is 1.06 bits per heavy atom. The zero-order valence-corrected chi connectivity index (χ0v) is 18.1. The third kappa shape index (κ3) is 3.86. The number of hydrogen-bond donors (Lipinski definition) is 1. The molecule has 0 saturated heterocycles. The van der Waals surface area contributed by atoms with Crippen LogP contribution in [-0.4, -0.2) is 21.9 Å². The molecule has 2 heterocycles. The molecule has 0 spiro atoms. The summed E-state index contributed by atoms with van der Waals surface area (Å²) in [6, 6.07) is 22.5. The average Bonchev–Trinajstić information content (AvgIpc) is 3.31. The molecule has 0 radical (unpaired) electrons. The Morgan fingerprint density at radius 2 is 1.81 bits per heavy atom. The number of imidazole rings is 1. The van der Waals surface area contributed by atoms with Crippen LogP contribution in [0.15, 0.2) is 77.6 Å². The molecule has 0 aliphatic carbocycles. The molecule has 0 bridgehead atoms. The van der Waals surface area contributed by atoms with Gasteiger partial charge in [0.1, 0.15) is 5.75 Å². The van der Waals surface area contributed by atoms with E-state index < -0.39 is 0 Å². The fourth-order valence-electron chi connectivity index (χ4n) is 3.46. The van der Waals surface area contributed by atoms with E-state index in [0.717, 1.165) is 22.2 Å². The van der Waals surface area contributed by atoms with Crippen LogP contribution in [0.5, 0.6) is 5.75 Å². The molecule has 3 aromatic carbocycles. The number of aromatic nitrogens is 2. The van der Waals surface area contributed by atoms with Crippen LogP contribution in [0.1, 0.15) is 11.1 Å². The van der Waals surface area contributed by atoms with Gasteiger partial charge in [0.2, 0.25) is 0 Å². The smallest absolute Gasteiger partial charge is 0.274 e. The Bertz CT molecular complexity index is 1550. The fraction of sp³-hybridized carbons (Fsp3) is 0.0800. The molecule has 5 aromatic rings. The third-order valence-electron chi connectivity index (χ3n) is 5.04. The van der Waals surface area contributed by atoms with E-state index >= 15 is 0 Å². The van der Waals surface area contributed by atoms with Gasteiger partial charge in [-0.15, -0.1) is 0 Å². The zero-order chi connectivity index (χ0) is 22.1. The number of carbonyl (C=O) groups excluding carboxylic acids is 1. The lowest BCUT2D eigenvalue weighted by molar-refractivity contribution is -0.118. The van der Waals surface area contributed by atoms with Gasteiger partial charge in [-0.05, 0) is 43.3 Å². The lowest BCUT2D eigenvalue weighted by Gasteiger charge is -2.09. The molecule has 0 atom stereocenters. The van der Waals surface area contributed by atoms with Crippen molar-refractivity contribution < 1.29 is 9.53 Å². The summed E-state index contributed by atoms with van der Waals surface area (Å²) in [5.41, 5.74) is 4.03. The lowest BCUT2D eigenvalue weighted by atomic mass is 10.2. The van der Waals surface area contributed by atoms with E-state index in [1.165, 1.54) is 11.3 Å². The average molecular weight is 442 g/mol. The van der Waals surface area contributed by atoms with E-state index in [4.69, 9.17) is 4.74 Å². The Hall–Kier alpha value is -3.97. The Labute approximate surface area is 187 Å².